The smallest absolute Gasteiger partial charge is 0.270 e. The molecule has 1 N–H and O–H groups in total. The molecule has 4 rings (SSSR count). The van der Waals surface area contributed by atoms with Gasteiger partial charge in [-0.15, -0.1) is 10.2 Å². The molecule has 0 spiro atoms. The lowest BCUT2D eigenvalue weighted by atomic mass is 10.1. The fourth-order valence-corrected chi connectivity index (χ4v) is 4.19. The fraction of sp³-hybridized carbons (Fsp3) is 0.0833. The van der Waals surface area contributed by atoms with Crippen molar-refractivity contribution in [2.45, 2.75) is 12.1 Å². The molecule has 0 radical (unpaired) electrons. The summed E-state index contributed by atoms with van der Waals surface area (Å²) >= 11 is 4.68. The third kappa shape index (κ3) is 6.00. The van der Waals surface area contributed by atoms with E-state index in [9.17, 15) is 14.9 Å². The molecule has 0 aliphatic rings. The Morgan fingerprint density at radius 2 is 1.83 bits per heavy atom. The van der Waals surface area contributed by atoms with Crippen molar-refractivity contribution < 1.29 is 9.72 Å². The van der Waals surface area contributed by atoms with E-state index in [2.05, 4.69) is 36.7 Å². The van der Waals surface area contributed by atoms with Gasteiger partial charge >= 0.3 is 0 Å². The number of amides is 1. The van der Waals surface area contributed by atoms with E-state index in [1.165, 1.54) is 23.9 Å². The average molecular weight is 551 g/mol. The molecule has 0 aliphatic heterocycles. The van der Waals surface area contributed by atoms with Crippen molar-refractivity contribution in [3.8, 4) is 17.1 Å². The van der Waals surface area contributed by atoms with Gasteiger partial charge < -0.3 is 0 Å². The number of nitro benzene ring substituents is 1. The number of nitro groups is 1. The molecule has 35 heavy (non-hydrogen) atoms. The SMILES string of the molecule is C/C(=N\NC(=O)CSc1nnc(-c2ccc(Br)cc2)n1-c1ccccc1)c1cccc([N+](=O)[O-])c1. The van der Waals surface area contributed by atoms with Gasteiger partial charge in [0.25, 0.3) is 11.6 Å². The van der Waals surface area contributed by atoms with E-state index in [-0.39, 0.29) is 17.3 Å². The number of aromatic nitrogens is 3. The Hall–Kier alpha value is -3.83. The molecular weight excluding hydrogens is 532 g/mol. The number of halogens is 1. The van der Waals surface area contributed by atoms with E-state index in [1.807, 2.05) is 59.2 Å². The molecule has 1 aromatic heterocycles. The number of non-ortho nitro benzene ring substituents is 1. The van der Waals surface area contributed by atoms with Crippen LogP contribution < -0.4 is 5.43 Å². The summed E-state index contributed by atoms with van der Waals surface area (Å²) in [7, 11) is 0. The minimum absolute atomic E-state index is 0.0410. The molecule has 11 heteroatoms. The molecule has 0 bridgehead atoms. The lowest BCUT2D eigenvalue weighted by Gasteiger charge is -2.10. The third-order valence-corrected chi connectivity index (χ3v) is 6.36. The minimum Gasteiger partial charge on any atom is -0.272 e. The van der Waals surface area contributed by atoms with Gasteiger partial charge in [-0.2, -0.15) is 5.10 Å². The van der Waals surface area contributed by atoms with Gasteiger partial charge in [-0.3, -0.25) is 19.5 Å². The second-order valence-electron chi connectivity index (χ2n) is 7.31. The second kappa shape index (κ2) is 11.1. The number of nitrogens with one attached hydrogen (secondary N) is 1. The molecule has 0 atom stereocenters. The highest BCUT2D eigenvalue weighted by atomic mass is 79.9. The molecule has 0 saturated heterocycles. The number of rotatable bonds is 8. The van der Waals surface area contributed by atoms with Crippen LogP contribution in [0, 0.1) is 10.1 Å². The highest BCUT2D eigenvalue weighted by Crippen LogP contribution is 2.28. The highest BCUT2D eigenvalue weighted by Gasteiger charge is 2.17. The molecule has 9 nitrogen and oxygen atoms in total. The zero-order valence-electron chi connectivity index (χ0n) is 18.5. The van der Waals surface area contributed by atoms with Crippen molar-refractivity contribution in [2.24, 2.45) is 5.10 Å². The predicted molar refractivity (Wildman–Crippen MR) is 139 cm³/mol. The number of hydrogen-bond acceptors (Lipinski definition) is 7. The van der Waals surface area contributed by atoms with Gasteiger partial charge in [0, 0.05) is 33.4 Å². The highest BCUT2D eigenvalue weighted by molar-refractivity contribution is 9.10. The molecule has 0 saturated carbocycles. The maximum absolute atomic E-state index is 12.5. The van der Waals surface area contributed by atoms with Crippen LogP contribution in [0.2, 0.25) is 0 Å². The number of hydrazone groups is 1. The summed E-state index contributed by atoms with van der Waals surface area (Å²) < 4.78 is 2.86. The molecule has 3 aromatic carbocycles. The summed E-state index contributed by atoms with van der Waals surface area (Å²) in [5.74, 6) is 0.371. The van der Waals surface area contributed by atoms with Crippen LogP contribution in [0.25, 0.3) is 17.1 Å². The van der Waals surface area contributed by atoms with E-state index < -0.39 is 4.92 Å². The third-order valence-electron chi connectivity index (χ3n) is 4.91. The van der Waals surface area contributed by atoms with Crippen molar-refractivity contribution in [3.05, 3.63) is 99.0 Å². The predicted octanol–water partition coefficient (Wildman–Crippen LogP) is 5.24. The zero-order chi connectivity index (χ0) is 24.8. The van der Waals surface area contributed by atoms with Gasteiger partial charge in [-0.1, -0.05) is 70.2 Å². The Bertz CT molecular complexity index is 1390. The molecular formula is C24H19BrN6O3S. The summed E-state index contributed by atoms with van der Waals surface area (Å²) in [4.78, 5) is 23.0. The van der Waals surface area contributed by atoms with Crippen LogP contribution in [0.3, 0.4) is 0 Å². The number of hydrogen-bond donors (Lipinski definition) is 1. The first-order valence-electron chi connectivity index (χ1n) is 10.4. The minimum atomic E-state index is -0.475. The Balaban J connectivity index is 1.50. The molecule has 1 amide bonds. The van der Waals surface area contributed by atoms with Crippen LogP contribution >= 0.6 is 27.7 Å². The molecule has 176 valence electrons. The lowest BCUT2D eigenvalue weighted by molar-refractivity contribution is -0.384. The van der Waals surface area contributed by atoms with Gasteiger partial charge in [0.05, 0.1) is 16.4 Å². The monoisotopic (exact) mass is 550 g/mol. The van der Waals surface area contributed by atoms with Crippen LogP contribution in [-0.2, 0) is 4.79 Å². The zero-order valence-corrected chi connectivity index (χ0v) is 20.9. The van der Waals surface area contributed by atoms with Gasteiger partial charge in [0.2, 0.25) is 0 Å². The first kappa shape index (κ1) is 24.3. The van der Waals surface area contributed by atoms with Crippen LogP contribution in [0.15, 0.2) is 93.6 Å². The maximum Gasteiger partial charge on any atom is 0.270 e. The summed E-state index contributed by atoms with van der Waals surface area (Å²) in [5.41, 5.74) is 5.23. The van der Waals surface area contributed by atoms with Crippen LogP contribution in [0.4, 0.5) is 5.69 Å². The van der Waals surface area contributed by atoms with E-state index in [1.54, 1.807) is 19.1 Å². The molecule has 0 unspecified atom stereocenters. The Morgan fingerprint density at radius 3 is 2.54 bits per heavy atom. The fourth-order valence-electron chi connectivity index (χ4n) is 3.18. The summed E-state index contributed by atoms with van der Waals surface area (Å²) in [5, 5.41) is 24.3. The van der Waals surface area contributed by atoms with Gasteiger partial charge in [-0.25, -0.2) is 5.43 Å². The van der Waals surface area contributed by atoms with Crippen molar-refractivity contribution >= 4 is 45.0 Å². The van der Waals surface area contributed by atoms with Crippen molar-refractivity contribution in [2.75, 3.05) is 5.75 Å². The standard InChI is InChI=1S/C24H19BrN6O3S/c1-16(18-6-5-9-21(14-18)31(33)34)26-27-22(32)15-35-24-29-28-23(17-10-12-19(25)13-11-17)30(24)20-7-3-2-4-8-20/h2-14H,15H2,1H3,(H,27,32)/b26-16+. The Morgan fingerprint density at radius 1 is 1.09 bits per heavy atom. The van der Waals surface area contributed by atoms with E-state index in [0.717, 1.165) is 15.7 Å². The topological polar surface area (TPSA) is 115 Å². The number of nitrogens with zero attached hydrogens (tertiary/aromatic N) is 5. The first-order valence-corrected chi connectivity index (χ1v) is 12.2. The van der Waals surface area contributed by atoms with E-state index in [0.29, 0.717) is 22.3 Å². The lowest BCUT2D eigenvalue weighted by Crippen LogP contribution is -2.21. The molecule has 4 aromatic rings. The first-order chi connectivity index (χ1) is 16.9. The van der Waals surface area contributed by atoms with Gasteiger partial charge in [0.1, 0.15) is 0 Å². The van der Waals surface area contributed by atoms with Crippen molar-refractivity contribution in [3.63, 3.8) is 0 Å². The van der Waals surface area contributed by atoms with Gasteiger partial charge in [-0.05, 0) is 31.2 Å². The Kier molecular flexibility index (Phi) is 7.68. The summed E-state index contributed by atoms with van der Waals surface area (Å²) in [6.45, 7) is 1.67. The molecule has 0 aliphatic carbocycles. The van der Waals surface area contributed by atoms with Crippen LogP contribution in [0.1, 0.15) is 12.5 Å². The van der Waals surface area contributed by atoms with Crippen LogP contribution in [-0.4, -0.2) is 37.1 Å². The largest absolute Gasteiger partial charge is 0.272 e. The number of carbonyl (C=O) groups is 1. The van der Waals surface area contributed by atoms with Crippen molar-refractivity contribution in [1.29, 1.82) is 0 Å². The quantitative estimate of drug-likeness (QED) is 0.139. The summed E-state index contributed by atoms with van der Waals surface area (Å²) in [6, 6.07) is 23.5. The molecule has 0 fully saturated rings. The number of benzene rings is 3. The number of para-hydroxylation sites is 1. The second-order valence-corrected chi connectivity index (χ2v) is 9.17. The van der Waals surface area contributed by atoms with Crippen molar-refractivity contribution in [1.82, 2.24) is 20.2 Å². The number of thioether (sulfide) groups is 1. The van der Waals surface area contributed by atoms with Crippen LogP contribution in [0.5, 0.6) is 0 Å². The van der Waals surface area contributed by atoms with E-state index >= 15 is 0 Å². The average Bonchev–Trinajstić information content (AvgIpc) is 3.31. The summed E-state index contributed by atoms with van der Waals surface area (Å²) in [6.07, 6.45) is 0. The molecule has 1 heterocycles. The maximum atomic E-state index is 12.5. The van der Waals surface area contributed by atoms with E-state index in [4.69, 9.17) is 0 Å². The van der Waals surface area contributed by atoms with Gasteiger partial charge in [0.15, 0.2) is 11.0 Å². The normalized spacial score (nSPS) is 11.3. The number of carbonyl (C=O) groups excluding carboxylic acids is 1. The Labute approximate surface area is 213 Å².